The fraction of sp³-hybridized carbons (Fsp3) is 0.385. The highest BCUT2D eigenvalue weighted by Crippen LogP contribution is 2.28. The molecule has 0 fully saturated rings. The maximum Gasteiger partial charge on any atom is 0.417 e. The molecule has 4 nitrogen and oxygen atoms in total. The molecule has 0 aliphatic rings. The smallest absolute Gasteiger partial charge is 0.294 e. The highest BCUT2D eigenvalue weighted by Gasteiger charge is 2.30. The van der Waals surface area contributed by atoms with E-state index < -0.39 is 11.7 Å². The van der Waals surface area contributed by atoms with Crippen LogP contribution in [-0.2, 0) is 6.18 Å². The van der Waals surface area contributed by atoms with Gasteiger partial charge in [0.15, 0.2) is 5.82 Å². The standard InChI is InChI=1S/C13H14F3N3O/c1-7(2)11-8(3)18-19(12(11)20)10-5-4-9(6-17-10)13(14,15)16/h4-7,18H,1-3H3. The van der Waals surface area contributed by atoms with Crippen LogP contribution in [0.15, 0.2) is 23.1 Å². The summed E-state index contributed by atoms with van der Waals surface area (Å²) in [5, 5.41) is 2.83. The summed E-state index contributed by atoms with van der Waals surface area (Å²) >= 11 is 0. The Labute approximate surface area is 113 Å². The Kier molecular flexibility index (Phi) is 3.45. The summed E-state index contributed by atoms with van der Waals surface area (Å²) in [5.41, 5.74) is 0.157. The molecule has 0 saturated heterocycles. The molecule has 0 saturated carbocycles. The third-order valence-corrected chi connectivity index (χ3v) is 3.00. The summed E-state index contributed by atoms with van der Waals surface area (Å²) in [7, 11) is 0. The molecule has 0 atom stereocenters. The Morgan fingerprint density at radius 1 is 1.30 bits per heavy atom. The van der Waals surface area contributed by atoms with Gasteiger partial charge in [0.25, 0.3) is 5.56 Å². The molecule has 0 amide bonds. The van der Waals surface area contributed by atoms with Crippen molar-refractivity contribution in [1.82, 2.24) is 14.8 Å². The molecular weight excluding hydrogens is 271 g/mol. The molecular formula is C13H14F3N3O. The van der Waals surface area contributed by atoms with Crippen LogP contribution in [0, 0.1) is 6.92 Å². The number of aromatic amines is 1. The van der Waals surface area contributed by atoms with E-state index in [9.17, 15) is 18.0 Å². The molecule has 0 aromatic carbocycles. The predicted molar refractivity (Wildman–Crippen MR) is 68.0 cm³/mol. The molecule has 0 aliphatic carbocycles. The minimum atomic E-state index is -4.44. The molecule has 1 N–H and O–H groups in total. The van der Waals surface area contributed by atoms with Gasteiger partial charge in [-0.25, -0.2) is 9.67 Å². The van der Waals surface area contributed by atoms with Crippen LogP contribution in [-0.4, -0.2) is 14.8 Å². The van der Waals surface area contributed by atoms with Crippen molar-refractivity contribution in [3.8, 4) is 5.82 Å². The van der Waals surface area contributed by atoms with Crippen LogP contribution in [0.1, 0.15) is 36.6 Å². The Hall–Kier alpha value is -2.05. The first-order valence-electron chi connectivity index (χ1n) is 6.07. The van der Waals surface area contributed by atoms with Crippen molar-refractivity contribution in [1.29, 1.82) is 0 Å². The maximum atomic E-state index is 12.5. The van der Waals surface area contributed by atoms with E-state index in [0.717, 1.165) is 10.7 Å². The van der Waals surface area contributed by atoms with Gasteiger partial charge in [0.2, 0.25) is 0 Å². The van der Waals surface area contributed by atoms with Gasteiger partial charge in [0.05, 0.1) is 5.56 Å². The third-order valence-electron chi connectivity index (χ3n) is 3.00. The van der Waals surface area contributed by atoms with Crippen LogP contribution in [0.4, 0.5) is 13.2 Å². The molecule has 20 heavy (non-hydrogen) atoms. The van der Waals surface area contributed by atoms with E-state index >= 15 is 0 Å². The summed E-state index contributed by atoms with van der Waals surface area (Å²) in [6, 6.07) is 2.07. The van der Waals surface area contributed by atoms with Crippen molar-refractivity contribution in [3.05, 3.63) is 45.5 Å². The summed E-state index contributed by atoms with van der Waals surface area (Å²) in [6.45, 7) is 5.50. The van der Waals surface area contributed by atoms with E-state index in [4.69, 9.17) is 0 Å². The summed E-state index contributed by atoms with van der Waals surface area (Å²) < 4.78 is 38.5. The molecule has 0 unspecified atom stereocenters. The van der Waals surface area contributed by atoms with Gasteiger partial charge in [-0.1, -0.05) is 13.8 Å². The number of nitrogens with zero attached hydrogens (tertiary/aromatic N) is 2. The van der Waals surface area contributed by atoms with Crippen molar-refractivity contribution in [2.75, 3.05) is 0 Å². The molecule has 0 bridgehead atoms. The van der Waals surface area contributed by atoms with Gasteiger partial charge < -0.3 is 0 Å². The maximum absolute atomic E-state index is 12.5. The largest absolute Gasteiger partial charge is 0.417 e. The van der Waals surface area contributed by atoms with Crippen molar-refractivity contribution < 1.29 is 13.2 Å². The first-order valence-corrected chi connectivity index (χ1v) is 6.07. The Morgan fingerprint density at radius 3 is 2.35 bits per heavy atom. The van der Waals surface area contributed by atoms with Gasteiger partial charge in [-0.15, -0.1) is 0 Å². The average molecular weight is 285 g/mol. The number of pyridine rings is 1. The lowest BCUT2D eigenvalue weighted by Gasteiger charge is -2.06. The van der Waals surface area contributed by atoms with Gasteiger partial charge in [0.1, 0.15) is 0 Å². The first-order chi connectivity index (χ1) is 9.21. The van der Waals surface area contributed by atoms with E-state index in [2.05, 4.69) is 10.1 Å². The molecule has 2 heterocycles. The average Bonchev–Trinajstić information content (AvgIpc) is 2.64. The van der Waals surface area contributed by atoms with Crippen molar-refractivity contribution in [2.24, 2.45) is 0 Å². The summed E-state index contributed by atoms with van der Waals surface area (Å²) in [5.74, 6) is 0.160. The van der Waals surface area contributed by atoms with Gasteiger partial charge >= 0.3 is 6.18 Å². The summed E-state index contributed by atoms with van der Waals surface area (Å²) in [6.07, 6.45) is -3.72. The number of halogens is 3. The highest BCUT2D eigenvalue weighted by atomic mass is 19.4. The lowest BCUT2D eigenvalue weighted by molar-refractivity contribution is -0.137. The SMILES string of the molecule is Cc1[nH]n(-c2ccc(C(F)(F)F)cn2)c(=O)c1C(C)C. The zero-order chi connectivity index (χ0) is 15.1. The van der Waals surface area contributed by atoms with Gasteiger partial charge in [0, 0.05) is 17.5 Å². The number of aromatic nitrogens is 3. The van der Waals surface area contributed by atoms with Gasteiger partial charge in [-0.3, -0.25) is 9.89 Å². The minimum Gasteiger partial charge on any atom is -0.294 e. The fourth-order valence-corrected chi connectivity index (χ4v) is 2.09. The Balaban J connectivity index is 2.48. The molecule has 2 aromatic rings. The second-order valence-electron chi connectivity index (χ2n) is 4.85. The fourth-order valence-electron chi connectivity index (χ4n) is 2.09. The zero-order valence-corrected chi connectivity index (χ0v) is 11.2. The Bertz CT molecular complexity index is 666. The zero-order valence-electron chi connectivity index (χ0n) is 11.2. The third kappa shape index (κ3) is 2.48. The van der Waals surface area contributed by atoms with E-state index in [1.807, 2.05) is 13.8 Å². The predicted octanol–water partition coefficient (Wildman–Crippen LogP) is 3.01. The van der Waals surface area contributed by atoms with Gasteiger partial charge in [-0.2, -0.15) is 13.2 Å². The van der Waals surface area contributed by atoms with Crippen molar-refractivity contribution >= 4 is 0 Å². The second-order valence-corrected chi connectivity index (χ2v) is 4.85. The summed E-state index contributed by atoms with van der Waals surface area (Å²) in [4.78, 5) is 15.9. The van der Waals surface area contributed by atoms with Crippen LogP contribution < -0.4 is 5.56 Å². The lowest BCUT2D eigenvalue weighted by atomic mass is 10.1. The number of aryl methyl sites for hydroxylation is 1. The quantitative estimate of drug-likeness (QED) is 0.922. The normalized spacial score (nSPS) is 12.2. The number of hydrogen-bond donors (Lipinski definition) is 1. The number of rotatable bonds is 2. The number of hydrogen-bond acceptors (Lipinski definition) is 2. The molecule has 0 spiro atoms. The minimum absolute atomic E-state index is 0.0226. The molecule has 0 radical (unpaired) electrons. The highest BCUT2D eigenvalue weighted by molar-refractivity contribution is 5.30. The molecule has 108 valence electrons. The van der Waals surface area contributed by atoms with Crippen molar-refractivity contribution in [3.63, 3.8) is 0 Å². The molecule has 7 heteroatoms. The van der Waals surface area contributed by atoms with Crippen LogP contribution in [0.3, 0.4) is 0 Å². The topological polar surface area (TPSA) is 50.7 Å². The molecule has 0 aliphatic heterocycles. The van der Waals surface area contributed by atoms with Crippen molar-refractivity contribution in [2.45, 2.75) is 32.9 Å². The van der Waals surface area contributed by atoms with Crippen LogP contribution in [0.2, 0.25) is 0 Å². The number of alkyl halides is 3. The van der Waals surface area contributed by atoms with Crippen LogP contribution in [0.25, 0.3) is 5.82 Å². The lowest BCUT2D eigenvalue weighted by Crippen LogP contribution is -2.19. The van der Waals surface area contributed by atoms with Crippen LogP contribution >= 0.6 is 0 Å². The van der Waals surface area contributed by atoms with Gasteiger partial charge in [-0.05, 0) is 25.0 Å². The van der Waals surface area contributed by atoms with E-state index in [0.29, 0.717) is 17.5 Å². The number of nitrogens with one attached hydrogen (secondary N) is 1. The van der Waals surface area contributed by atoms with E-state index in [1.54, 1.807) is 6.92 Å². The van der Waals surface area contributed by atoms with Crippen LogP contribution in [0.5, 0.6) is 0 Å². The van der Waals surface area contributed by atoms with E-state index in [1.165, 1.54) is 6.07 Å². The monoisotopic (exact) mass is 285 g/mol. The molecule has 2 aromatic heterocycles. The first kappa shape index (κ1) is 14.4. The Morgan fingerprint density at radius 2 is 1.95 bits per heavy atom. The van der Waals surface area contributed by atoms with E-state index in [-0.39, 0.29) is 17.3 Å². The molecule has 2 rings (SSSR count). The number of H-pyrrole nitrogens is 1. The second kappa shape index (κ2) is 4.81.